The van der Waals surface area contributed by atoms with Gasteiger partial charge >= 0.3 is 0 Å². The molecule has 1 aromatic carbocycles. The van der Waals surface area contributed by atoms with Crippen LogP contribution in [0.4, 0.5) is 0 Å². The van der Waals surface area contributed by atoms with Crippen molar-refractivity contribution in [3.05, 3.63) is 51.7 Å². The van der Waals surface area contributed by atoms with Crippen LogP contribution in [0.1, 0.15) is 80.3 Å². The number of amides is 2. The summed E-state index contributed by atoms with van der Waals surface area (Å²) in [4.78, 5) is 35.0. The molecule has 1 aliphatic carbocycles. The van der Waals surface area contributed by atoms with Gasteiger partial charge in [0.25, 0.3) is 0 Å². The second-order valence-corrected chi connectivity index (χ2v) is 12.5. The van der Waals surface area contributed by atoms with Gasteiger partial charge in [0.1, 0.15) is 12.4 Å². The zero-order valence-electron chi connectivity index (χ0n) is 23.1. The van der Waals surface area contributed by atoms with Gasteiger partial charge in [-0.2, -0.15) is 0 Å². The average Bonchev–Trinajstić information content (AvgIpc) is 3.72. The van der Waals surface area contributed by atoms with Crippen LogP contribution in [0.5, 0.6) is 5.75 Å². The first-order chi connectivity index (χ1) is 18.5. The van der Waals surface area contributed by atoms with Gasteiger partial charge in [0.05, 0.1) is 12.6 Å². The maximum Gasteiger partial charge on any atom is 0.242 e. The minimum absolute atomic E-state index is 0.0402. The lowest BCUT2D eigenvalue weighted by Gasteiger charge is -2.37. The molecular formula is C31H43N3O3S. The van der Waals surface area contributed by atoms with E-state index in [2.05, 4.69) is 42.3 Å². The number of carbonyl (C=O) groups is 2. The highest BCUT2D eigenvalue weighted by atomic mass is 32.1. The number of fused-ring (bicyclic) bond motifs is 1. The minimum atomic E-state index is -0.135. The van der Waals surface area contributed by atoms with Crippen LogP contribution in [0.2, 0.25) is 0 Å². The number of benzene rings is 1. The molecule has 2 amide bonds. The fourth-order valence-corrected chi connectivity index (χ4v) is 7.15. The molecule has 1 aromatic heterocycles. The van der Waals surface area contributed by atoms with Crippen LogP contribution in [-0.2, 0) is 16.0 Å². The van der Waals surface area contributed by atoms with Crippen molar-refractivity contribution in [1.29, 1.82) is 0 Å². The van der Waals surface area contributed by atoms with Crippen LogP contribution in [-0.4, -0.2) is 72.4 Å². The first kappa shape index (κ1) is 27.2. The van der Waals surface area contributed by atoms with Crippen molar-refractivity contribution in [2.75, 3.05) is 45.9 Å². The van der Waals surface area contributed by atoms with Crippen LogP contribution >= 0.6 is 11.3 Å². The van der Waals surface area contributed by atoms with Crippen LogP contribution < -0.4 is 4.74 Å². The Morgan fingerprint density at radius 2 is 1.76 bits per heavy atom. The van der Waals surface area contributed by atoms with Gasteiger partial charge in [-0.05, 0) is 85.8 Å². The Kier molecular flexibility index (Phi) is 9.05. The van der Waals surface area contributed by atoms with Gasteiger partial charge < -0.3 is 19.4 Å². The van der Waals surface area contributed by atoms with Gasteiger partial charge in [0, 0.05) is 30.4 Å². The monoisotopic (exact) mass is 537 g/mol. The van der Waals surface area contributed by atoms with Crippen LogP contribution in [0.15, 0.2) is 35.7 Å². The Bertz CT molecular complexity index is 1070. The molecule has 3 heterocycles. The Morgan fingerprint density at radius 3 is 2.47 bits per heavy atom. The zero-order valence-corrected chi connectivity index (χ0v) is 23.9. The molecule has 3 aliphatic rings. The number of thiophene rings is 1. The maximum atomic E-state index is 13.9. The lowest BCUT2D eigenvalue weighted by atomic mass is 10.00. The number of likely N-dealkylation sites (tertiary alicyclic amines) is 1. The van der Waals surface area contributed by atoms with E-state index in [0.29, 0.717) is 25.6 Å². The molecular weight excluding hydrogens is 494 g/mol. The Hall–Kier alpha value is -2.38. The topological polar surface area (TPSA) is 53.1 Å². The lowest BCUT2D eigenvalue weighted by Crippen LogP contribution is -2.50. The molecule has 2 aromatic rings. The molecule has 7 heteroatoms. The van der Waals surface area contributed by atoms with E-state index < -0.39 is 0 Å². The molecule has 38 heavy (non-hydrogen) atoms. The molecule has 1 atom stereocenters. The number of ether oxygens (including phenoxy) is 1. The quantitative estimate of drug-likeness (QED) is 0.402. The van der Waals surface area contributed by atoms with Crippen molar-refractivity contribution in [2.24, 2.45) is 5.92 Å². The van der Waals surface area contributed by atoms with Crippen molar-refractivity contribution >= 4 is 23.2 Å². The summed E-state index contributed by atoms with van der Waals surface area (Å²) in [6.07, 6.45) is 7.48. The van der Waals surface area contributed by atoms with E-state index in [1.54, 1.807) is 11.3 Å². The number of hydrogen-bond donors (Lipinski definition) is 0. The summed E-state index contributed by atoms with van der Waals surface area (Å²) in [6, 6.07) is 10.3. The summed E-state index contributed by atoms with van der Waals surface area (Å²) < 4.78 is 6.26. The van der Waals surface area contributed by atoms with Crippen molar-refractivity contribution in [3.8, 4) is 5.75 Å². The fourth-order valence-electron chi connectivity index (χ4n) is 6.22. The minimum Gasteiger partial charge on any atom is -0.491 e. The van der Waals surface area contributed by atoms with Gasteiger partial charge in [-0.25, -0.2) is 0 Å². The summed E-state index contributed by atoms with van der Waals surface area (Å²) in [5.74, 6) is 1.61. The summed E-state index contributed by atoms with van der Waals surface area (Å²) in [5.41, 5.74) is 2.48. The Morgan fingerprint density at radius 1 is 1.03 bits per heavy atom. The molecule has 6 nitrogen and oxygen atoms in total. The van der Waals surface area contributed by atoms with Gasteiger partial charge in [-0.15, -0.1) is 11.3 Å². The van der Waals surface area contributed by atoms with E-state index in [-0.39, 0.29) is 30.3 Å². The van der Waals surface area contributed by atoms with Crippen LogP contribution in [0.3, 0.4) is 0 Å². The number of carbonyl (C=O) groups excluding carboxylic acids is 2. The van der Waals surface area contributed by atoms with E-state index in [1.807, 2.05) is 21.9 Å². The third kappa shape index (κ3) is 6.42. The predicted octanol–water partition coefficient (Wildman–Crippen LogP) is 5.49. The standard InChI is InChI=1S/C31H43N3O3S/c1-23(2)24-9-11-26(12-10-24)37-22-28-27-14-20-38-29(27)13-17-34(28)30(35)21-33(19-18-32-15-5-6-16-32)31(36)25-7-3-4-8-25/h9-12,14,20,23,25,28H,3-8,13,15-19,21-22H2,1-2H3/t28-/m0/s1. The second-order valence-electron chi connectivity index (χ2n) is 11.5. The fraction of sp³-hybridized carbons (Fsp3) is 0.613. The van der Waals surface area contributed by atoms with E-state index in [9.17, 15) is 9.59 Å². The third-order valence-electron chi connectivity index (χ3n) is 8.60. The highest BCUT2D eigenvalue weighted by molar-refractivity contribution is 7.10. The van der Waals surface area contributed by atoms with Gasteiger partial charge in [-0.1, -0.05) is 38.8 Å². The molecule has 2 aliphatic heterocycles. The van der Waals surface area contributed by atoms with Gasteiger partial charge in [-0.3, -0.25) is 9.59 Å². The molecule has 0 bridgehead atoms. The molecule has 2 fully saturated rings. The van der Waals surface area contributed by atoms with E-state index in [4.69, 9.17) is 4.74 Å². The summed E-state index contributed by atoms with van der Waals surface area (Å²) >= 11 is 1.76. The molecule has 5 rings (SSSR count). The van der Waals surface area contributed by atoms with Crippen molar-refractivity contribution < 1.29 is 14.3 Å². The number of hydrogen-bond acceptors (Lipinski definition) is 5. The molecule has 1 saturated carbocycles. The molecule has 0 radical (unpaired) electrons. The maximum absolute atomic E-state index is 13.9. The van der Waals surface area contributed by atoms with Gasteiger partial charge in [0.2, 0.25) is 11.8 Å². The number of nitrogens with zero attached hydrogens (tertiary/aromatic N) is 3. The summed E-state index contributed by atoms with van der Waals surface area (Å²) in [6.45, 7) is 9.33. The molecule has 0 unspecified atom stereocenters. The SMILES string of the molecule is CC(C)c1ccc(OC[C@H]2c3ccsc3CCN2C(=O)CN(CCN2CCCC2)C(=O)C2CCCC2)cc1. The predicted molar refractivity (Wildman–Crippen MR) is 153 cm³/mol. The number of rotatable bonds is 10. The molecule has 1 saturated heterocycles. The highest BCUT2D eigenvalue weighted by Crippen LogP contribution is 2.34. The first-order valence-electron chi connectivity index (χ1n) is 14.6. The Balaban J connectivity index is 1.28. The van der Waals surface area contributed by atoms with Crippen molar-refractivity contribution in [1.82, 2.24) is 14.7 Å². The van der Waals surface area contributed by atoms with Crippen molar-refractivity contribution in [2.45, 2.75) is 70.8 Å². The third-order valence-corrected chi connectivity index (χ3v) is 9.59. The van der Waals surface area contributed by atoms with Crippen molar-refractivity contribution in [3.63, 3.8) is 0 Å². The second kappa shape index (κ2) is 12.6. The highest BCUT2D eigenvalue weighted by Gasteiger charge is 2.35. The smallest absolute Gasteiger partial charge is 0.242 e. The Labute approximate surface area is 231 Å². The van der Waals surface area contributed by atoms with Crippen LogP contribution in [0, 0.1) is 5.92 Å². The average molecular weight is 538 g/mol. The van der Waals surface area contributed by atoms with Crippen LogP contribution in [0.25, 0.3) is 0 Å². The van der Waals surface area contributed by atoms with E-state index in [1.165, 1.54) is 28.8 Å². The van der Waals surface area contributed by atoms with E-state index >= 15 is 0 Å². The zero-order chi connectivity index (χ0) is 26.5. The molecule has 206 valence electrons. The summed E-state index contributed by atoms with van der Waals surface area (Å²) in [7, 11) is 0. The molecule has 0 N–H and O–H groups in total. The molecule has 0 spiro atoms. The lowest BCUT2D eigenvalue weighted by molar-refractivity contribution is -0.144. The normalized spacial score (nSPS) is 20.2. The largest absolute Gasteiger partial charge is 0.491 e. The van der Waals surface area contributed by atoms with Gasteiger partial charge in [0.15, 0.2) is 0 Å². The summed E-state index contributed by atoms with van der Waals surface area (Å²) in [5, 5.41) is 2.12. The van der Waals surface area contributed by atoms with E-state index in [0.717, 1.165) is 57.5 Å². The first-order valence-corrected chi connectivity index (χ1v) is 15.5.